The van der Waals surface area contributed by atoms with E-state index in [0.29, 0.717) is 19.0 Å². The van der Waals surface area contributed by atoms with Gasteiger partial charge in [-0.15, -0.1) is 0 Å². The highest BCUT2D eigenvalue weighted by molar-refractivity contribution is 5.93. The smallest absolute Gasteiger partial charge is 0.227 e. The molecule has 3 rings (SSSR count). The summed E-state index contributed by atoms with van der Waals surface area (Å²) in [6.45, 7) is 5.15. The van der Waals surface area contributed by atoms with Crippen LogP contribution in [-0.2, 0) is 11.2 Å². The van der Waals surface area contributed by atoms with Crippen LogP contribution in [0.5, 0.6) is 5.75 Å². The van der Waals surface area contributed by atoms with Gasteiger partial charge in [0.05, 0.1) is 12.2 Å². The van der Waals surface area contributed by atoms with E-state index in [9.17, 15) is 9.18 Å². The Kier molecular flexibility index (Phi) is 6.94. The van der Waals surface area contributed by atoms with Crippen molar-refractivity contribution in [2.24, 2.45) is 0 Å². The summed E-state index contributed by atoms with van der Waals surface area (Å²) in [5.74, 6) is 0.802. The Labute approximate surface area is 169 Å². The van der Waals surface area contributed by atoms with Crippen LogP contribution in [0.2, 0.25) is 0 Å². The van der Waals surface area contributed by atoms with Gasteiger partial charge in [0, 0.05) is 25.1 Å². The topological polar surface area (TPSA) is 68.5 Å². The lowest BCUT2D eigenvalue weighted by molar-refractivity contribution is -0.118. The highest BCUT2D eigenvalue weighted by Gasteiger charge is 2.18. The highest BCUT2D eigenvalue weighted by atomic mass is 19.1. The van der Waals surface area contributed by atoms with E-state index < -0.39 is 5.82 Å². The lowest BCUT2D eigenvalue weighted by Crippen LogP contribution is -2.31. The predicted octanol–water partition coefficient (Wildman–Crippen LogP) is 4.65. The van der Waals surface area contributed by atoms with Gasteiger partial charge in [0.15, 0.2) is 0 Å². The van der Waals surface area contributed by atoms with E-state index in [1.165, 1.54) is 6.07 Å². The van der Waals surface area contributed by atoms with E-state index in [2.05, 4.69) is 10.1 Å². The standard InChI is InChI=1S/C22H24FN3O3/c1-3-15-26(16-9-11-17(12-10-16)28-4-2)21(27)14-13-20-24-22(25-29-20)18-7-5-6-8-19(18)23/h5-12H,3-4,13-15H2,1-2H3. The van der Waals surface area contributed by atoms with Gasteiger partial charge in [-0.1, -0.05) is 24.2 Å². The summed E-state index contributed by atoms with van der Waals surface area (Å²) in [5, 5.41) is 3.83. The molecule has 0 bridgehead atoms. The van der Waals surface area contributed by atoms with Crippen LogP contribution in [0.15, 0.2) is 53.1 Å². The molecule has 0 aliphatic rings. The maximum absolute atomic E-state index is 13.9. The summed E-state index contributed by atoms with van der Waals surface area (Å²) >= 11 is 0. The monoisotopic (exact) mass is 397 g/mol. The zero-order valence-electron chi connectivity index (χ0n) is 16.6. The fraction of sp³-hybridized carbons (Fsp3) is 0.318. The van der Waals surface area contributed by atoms with E-state index in [1.54, 1.807) is 23.1 Å². The molecule has 0 aliphatic heterocycles. The van der Waals surface area contributed by atoms with Gasteiger partial charge in [-0.25, -0.2) is 4.39 Å². The molecule has 0 saturated heterocycles. The Morgan fingerprint density at radius 3 is 2.59 bits per heavy atom. The molecule has 0 N–H and O–H groups in total. The van der Waals surface area contributed by atoms with Crippen molar-refractivity contribution in [3.63, 3.8) is 0 Å². The molecule has 0 unspecified atom stereocenters. The first-order valence-corrected chi connectivity index (χ1v) is 9.73. The summed E-state index contributed by atoms with van der Waals surface area (Å²) < 4.78 is 24.5. The molecule has 0 fully saturated rings. The minimum Gasteiger partial charge on any atom is -0.494 e. The van der Waals surface area contributed by atoms with Crippen molar-refractivity contribution >= 4 is 11.6 Å². The van der Waals surface area contributed by atoms with Crippen LogP contribution in [0.25, 0.3) is 11.4 Å². The first-order chi connectivity index (χ1) is 14.1. The minimum absolute atomic E-state index is 0.0401. The molecule has 0 aliphatic carbocycles. The number of aryl methyl sites for hydroxylation is 1. The number of aromatic nitrogens is 2. The summed E-state index contributed by atoms with van der Waals surface area (Å²) in [5.41, 5.74) is 1.09. The number of halogens is 1. The molecule has 0 saturated carbocycles. The first-order valence-electron chi connectivity index (χ1n) is 9.73. The Hall–Kier alpha value is -3.22. The SMILES string of the molecule is CCCN(C(=O)CCc1nc(-c2ccccc2F)no1)c1ccc(OCC)cc1. The second kappa shape index (κ2) is 9.82. The number of amides is 1. The summed E-state index contributed by atoms with van der Waals surface area (Å²) in [4.78, 5) is 18.8. The first kappa shape index (κ1) is 20.5. The lowest BCUT2D eigenvalue weighted by Gasteiger charge is -2.22. The number of hydrogen-bond acceptors (Lipinski definition) is 5. The molecule has 29 heavy (non-hydrogen) atoms. The molecule has 0 atom stereocenters. The maximum Gasteiger partial charge on any atom is 0.227 e. The Balaban J connectivity index is 1.65. The molecule has 3 aromatic rings. The van der Waals surface area contributed by atoms with Crippen LogP contribution < -0.4 is 9.64 Å². The van der Waals surface area contributed by atoms with Crippen LogP contribution in [-0.4, -0.2) is 29.2 Å². The molecular weight excluding hydrogens is 373 g/mol. The van der Waals surface area contributed by atoms with E-state index in [1.807, 2.05) is 38.1 Å². The fourth-order valence-corrected chi connectivity index (χ4v) is 2.97. The van der Waals surface area contributed by atoms with Crippen molar-refractivity contribution in [3.05, 3.63) is 60.2 Å². The van der Waals surface area contributed by atoms with Gasteiger partial charge in [0.1, 0.15) is 11.6 Å². The average molecular weight is 397 g/mol. The number of carbonyl (C=O) groups is 1. The van der Waals surface area contributed by atoms with Crippen molar-refractivity contribution in [1.82, 2.24) is 10.1 Å². The van der Waals surface area contributed by atoms with Crippen LogP contribution in [0.4, 0.5) is 10.1 Å². The number of carbonyl (C=O) groups excluding carboxylic acids is 1. The van der Waals surface area contributed by atoms with Crippen LogP contribution in [0.3, 0.4) is 0 Å². The van der Waals surface area contributed by atoms with Gasteiger partial charge in [0.25, 0.3) is 0 Å². The second-order valence-electron chi connectivity index (χ2n) is 6.46. The molecule has 1 heterocycles. The third-order valence-corrected chi connectivity index (χ3v) is 4.34. The second-order valence-corrected chi connectivity index (χ2v) is 6.46. The fourth-order valence-electron chi connectivity index (χ4n) is 2.97. The normalized spacial score (nSPS) is 10.7. The third-order valence-electron chi connectivity index (χ3n) is 4.34. The van der Waals surface area contributed by atoms with Gasteiger partial charge in [-0.2, -0.15) is 4.98 Å². The average Bonchev–Trinajstić information content (AvgIpc) is 3.20. The molecule has 152 valence electrons. The van der Waals surface area contributed by atoms with E-state index >= 15 is 0 Å². The molecule has 0 spiro atoms. The number of benzene rings is 2. The number of ether oxygens (including phenoxy) is 1. The van der Waals surface area contributed by atoms with Gasteiger partial charge in [-0.3, -0.25) is 4.79 Å². The van der Waals surface area contributed by atoms with E-state index in [4.69, 9.17) is 9.26 Å². The Morgan fingerprint density at radius 2 is 1.90 bits per heavy atom. The van der Waals surface area contributed by atoms with Gasteiger partial charge < -0.3 is 14.2 Å². The Morgan fingerprint density at radius 1 is 1.14 bits per heavy atom. The van der Waals surface area contributed by atoms with Crippen LogP contribution >= 0.6 is 0 Å². The van der Waals surface area contributed by atoms with Crippen LogP contribution in [0.1, 0.15) is 32.6 Å². The van der Waals surface area contributed by atoms with Crippen LogP contribution in [0, 0.1) is 5.82 Å². The molecular formula is C22H24FN3O3. The van der Waals surface area contributed by atoms with Crippen molar-refractivity contribution in [1.29, 1.82) is 0 Å². The van der Waals surface area contributed by atoms with E-state index in [0.717, 1.165) is 17.9 Å². The molecule has 2 aromatic carbocycles. The van der Waals surface area contributed by atoms with Crippen molar-refractivity contribution in [2.75, 3.05) is 18.1 Å². The van der Waals surface area contributed by atoms with Gasteiger partial charge >= 0.3 is 0 Å². The quantitative estimate of drug-likeness (QED) is 0.526. The number of rotatable bonds is 9. The Bertz CT molecular complexity index is 940. The van der Waals surface area contributed by atoms with Crippen molar-refractivity contribution < 1.29 is 18.4 Å². The molecule has 1 aromatic heterocycles. The van der Waals surface area contributed by atoms with Gasteiger partial charge in [-0.05, 0) is 49.7 Å². The predicted molar refractivity (Wildman–Crippen MR) is 108 cm³/mol. The van der Waals surface area contributed by atoms with Crippen molar-refractivity contribution in [2.45, 2.75) is 33.1 Å². The highest BCUT2D eigenvalue weighted by Crippen LogP contribution is 2.22. The number of hydrogen-bond donors (Lipinski definition) is 0. The minimum atomic E-state index is -0.416. The lowest BCUT2D eigenvalue weighted by atomic mass is 10.2. The number of nitrogens with zero attached hydrogens (tertiary/aromatic N) is 3. The molecule has 0 radical (unpaired) electrons. The summed E-state index contributed by atoms with van der Waals surface area (Å²) in [6.07, 6.45) is 1.33. The summed E-state index contributed by atoms with van der Waals surface area (Å²) in [7, 11) is 0. The summed E-state index contributed by atoms with van der Waals surface area (Å²) in [6, 6.07) is 13.7. The maximum atomic E-state index is 13.9. The third kappa shape index (κ3) is 5.19. The largest absolute Gasteiger partial charge is 0.494 e. The molecule has 7 heteroatoms. The van der Waals surface area contributed by atoms with E-state index in [-0.39, 0.29) is 30.1 Å². The number of anilines is 1. The molecule has 6 nitrogen and oxygen atoms in total. The zero-order chi connectivity index (χ0) is 20.6. The van der Waals surface area contributed by atoms with Crippen molar-refractivity contribution in [3.8, 4) is 17.1 Å². The zero-order valence-corrected chi connectivity index (χ0v) is 16.6. The van der Waals surface area contributed by atoms with Gasteiger partial charge in [0.2, 0.25) is 17.6 Å². The molecule has 1 amide bonds.